The van der Waals surface area contributed by atoms with Crippen molar-refractivity contribution >= 4 is 17.7 Å². The van der Waals surface area contributed by atoms with E-state index in [1.807, 2.05) is 23.7 Å². The number of hydrogen-bond acceptors (Lipinski definition) is 5. The predicted octanol–water partition coefficient (Wildman–Crippen LogP) is 3.28. The van der Waals surface area contributed by atoms with Crippen molar-refractivity contribution in [2.45, 2.75) is 43.8 Å². The lowest BCUT2D eigenvalue weighted by Crippen LogP contribution is -2.44. The first-order valence-electron chi connectivity index (χ1n) is 9.26. The van der Waals surface area contributed by atoms with Gasteiger partial charge in [0.1, 0.15) is 11.1 Å². The lowest BCUT2D eigenvalue weighted by atomic mass is 10.0. The molecule has 4 rings (SSSR count). The fraction of sp³-hybridized carbons (Fsp3) is 0.286. The molecule has 0 saturated heterocycles. The number of thioether (sulfide) groups is 1. The minimum Gasteiger partial charge on any atom is -0.351 e. The van der Waals surface area contributed by atoms with E-state index in [0.29, 0.717) is 11.7 Å². The summed E-state index contributed by atoms with van der Waals surface area (Å²) in [6, 6.07) is 16.3. The number of amides is 1. The number of aryl methyl sites for hydroxylation is 3. The zero-order valence-corrected chi connectivity index (χ0v) is 17.0. The summed E-state index contributed by atoms with van der Waals surface area (Å²) in [5, 5.41) is 11.8. The monoisotopic (exact) mass is 393 g/mol. The Labute approximate surface area is 168 Å². The molecule has 0 bridgehead atoms. The summed E-state index contributed by atoms with van der Waals surface area (Å²) in [6.07, 6.45) is 0. The molecular formula is C21H23N5OS. The van der Waals surface area contributed by atoms with Crippen LogP contribution in [0.4, 0.5) is 0 Å². The zero-order chi connectivity index (χ0) is 19.7. The largest absolute Gasteiger partial charge is 0.351 e. The normalized spacial score (nSPS) is 18.2. The van der Waals surface area contributed by atoms with Crippen LogP contribution in [0.3, 0.4) is 0 Å². The van der Waals surface area contributed by atoms with Crippen molar-refractivity contribution in [3.63, 3.8) is 0 Å². The number of carbonyl (C=O) groups excluding carboxylic acids is 1. The van der Waals surface area contributed by atoms with Crippen LogP contribution in [-0.2, 0) is 11.3 Å². The maximum Gasteiger partial charge on any atom is 0.236 e. The van der Waals surface area contributed by atoms with Crippen LogP contribution >= 0.6 is 11.8 Å². The van der Waals surface area contributed by atoms with E-state index < -0.39 is 0 Å². The van der Waals surface area contributed by atoms with Gasteiger partial charge >= 0.3 is 0 Å². The highest BCUT2D eigenvalue weighted by atomic mass is 32.2. The van der Waals surface area contributed by atoms with Crippen molar-refractivity contribution < 1.29 is 4.79 Å². The van der Waals surface area contributed by atoms with Crippen molar-refractivity contribution in [2.75, 3.05) is 5.43 Å². The lowest BCUT2D eigenvalue weighted by molar-refractivity contribution is -0.121. The number of nitrogens with one attached hydrogen (secondary N) is 2. The van der Waals surface area contributed by atoms with Gasteiger partial charge in [0.2, 0.25) is 11.1 Å². The molecule has 2 atom stereocenters. The maximum atomic E-state index is 13.1. The molecule has 1 aliphatic heterocycles. The smallest absolute Gasteiger partial charge is 0.236 e. The fourth-order valence-corrected chi connectivity index (χ4v) is 4.33. The molecule has 0 radical (unpaired) electrons. The minimum absolute atomic E-state index is 0.0180. The highest BCUT2D eigenvalue weighted by Gasteiger charge is 2.37. The molecule has 28 heavy (non-hydrogen) atoms. The van der Waals surface area contributed by atoms with E-state index >= 15 is 0 Å². The van der Waals surface area contributed by atoms with Gasteiger partial charge in [-0.15, -0.1) is 10.2 Å². The Morgan fingerprint density at radius 3 is 2.36 bits per heavy atom. The van der Waals surface area contributed by atoms with E-state index in [-0.39, 0.29) is 17.2 Å². The number of hydrogen-bond donors (Lipinski definition) is 2. The summed E-state index contributed by atoms with van der Waals surface area (Å²) in [7, 11) is 0. The highest BCUT2D eigenvalue weighted by molar-refractivity contribution is 8.00. The van der Waals surface area contributed by atoms with Crippen molar-refractivity contribution in [1.82, 2.24) is 20.2 Å². The molecule has 2 aromatic carbocycles. The minimum atomic E-state index is -0.343. The number of fused-ring (bicyclic) bond motifs is 1. The number of benzene rings is 2. The molecule has 0 aliphatic carbocycles. The summed E-state index contributed by atoms with van der Waals surface area (Å²) in [6.45, 7) is 6.51. The zero-order valence-electron chi connectivity index (χ0n) is 16.1. The highest BCUT2D eigenvalue weighted by Crippen LogP contribution is 2.37. The van der Waals surface area contributed by atoms with Gasteiger partial charge < -0.3 is 10.7 Å². The quantitative estimate of drug-likeness (QED) is 0.712. The summed E-state index contributed by atoms with van der Waals surface area (Å²) >= 11 is 1.45. The fourth-order valence-electron chi connectivity index (χ4n) is 3.18. The van der Waals surface area contributed by atoms with Crippen LogP contribution < -0.4 is 10.7 Å². The van der Waals surface area contributed by atoms with E-state index in [9.17, 15) is 4.79 Å². The first kappa shape index (κ1) is 18.6. The Balaban J connectivity index is 1.57. The second kappa shape index (κ2) is 7.67. The molecule has 144 valence electrons. The van der Waals surface area contributed by atoms with Crippen LogP contribution in [0.5, 0.6) is 0 Å². The first-order valence-corrected chi connectivity index (χ1v) is 10.1. The van der Waals surface area contributed by atoms with Crippen LogP contribution in [0, 0.1) is 20.8 Å². The van der Waals surface area contributed by atoms with Crippen molar-refractivity contribution in [2.24, 2.45) is 0 Å². The summed E-state index contributed by atoms with van der Waals surface area (Å²) in [5.41, 5.74) is 7.97. The number of carbonyl (C=O) groups is 1. The van der Waals surface area contributed by atoms with E-state index in [1.165, 1.54) is 22.9 Å². The third-order valence-corrected chi connectivity index (χ3v) is 6.10. The van der Waals surface area contributed by atoms with Gasteiger partial charge in [-0.1, -0.05) is 71.4 Å². The third kappa shape index (κ3) is 3.75. The summed E-state index contributed by atoms with van der Waals surface area (Å²) < 4.78 is 1.86. The Morgan fingerprint density at radius 2 is 1.68 bits per heavy atom. The Bertz CT molecular complexity index is 981. The summed E-state index contributed by atoms with van der Waals surface area (Å²) in [5.74, 6) is 0.758. The van der Waals surface area contributed by atoms with Gasteiger partial charge in [0.15, 0.2) is 0 Å². The topological polar surface area (TPSA) is 71.8 Å². The number of rotatable bonds is 4. The van der Waals surface area contributed by atoms with Crippen LogP contribution in [0.2, 0.25) is 0 Å². The van der Waals surface area contributed by atoms with Gasteiger partial charge in [0.25, 0.3) is 0 Å². The van der Waals surface area contributed by atoms with Crippen LogP contribution in [0.1, 0.15) is 34.1 Å². The van der Waals surface area contributed by atoms with Gasteiger partial charge in [-0.25, -0.2) is 4.68 Å². The molecule has 2 N–H and O–H groups in total. The Morgan fingerprint density at radius 1 is 1.04 bits per heavy atom. The van der Waals surface area contributed by atoms with Crippen LogP contribution in [0.15, 0.2) is 53.7 Å². The molecule has 3 aromatic rings. The average Bonchev–Trinajstić information content (AvgIpc) is 3.07. The second-order valence-electron chi connectivity index (χ2n) is 7.12. The molecule has 0 saturated carbocycles. The van der Waals surface area contributed by atoms with E-state index in [0.717, 1.165) is 17.0 Å². The molecule has 1 aliphatic rings. The number of aromatic nitrogens is 3. The van der Waals surface area contributed by atoms with Gasteiger partial charge in [0.05, 0.1) is 6.04 Å². The Kier molecular flexibility index (Phi) is 5.09. The van der Waals surface area contributed by atoms with Gasteiger partial charge in [-0.3, -0.25) is 4.79 Å². The second-order valence-corrected chi connectivity index (χ2v) is 8.23. The van der Waals surface area contributed by atoms with Crippen molar-refractivity contribution in [3.05, 3.63) is 76.6 Å². The molecule has 2 unspecified atom stereocenters. The van der Waals surface area contributed by atoms with Gasteiger partial charge in [-0.05, 0) is 31.9 Å². The van der Waals surface area contributed by atoms with Crippen molar-refractivity contribution in [1.29, 1.82) is 0 Å². The summed E-state index contributed by atoms with van der Waals surface area (Å²) in [4.78, 5) is 13.1. The molecule has 1 aromatic heterocycles. The van der Waals surface area contributed by atoms with E-state index in [2.05, 4.69) is 71.2 Å². The SMILES string of the molecule is Cc1ccc(CNC(=O)C2Sc3nnc(C)n3NC2c2ccc(C)cc2)cc1. The average molecular weight is 394 g/mol. The van der Waals surface area contributed by atoms with Crippen LogP contribution in [0.25, 0.3) is 0 Å². The Hall–Kier alpha value is -2.80. The molecule has 0 fully saturated rings. The van der Waals surface area contributed by atoms with Crippen molar-refractivity contribution in [3.8, 4) is 0 Å². The van der Waals surface area contributed by atoms with Crippen LogP contribution in [-0.4, -0.2) is 26.0 Å². The standard InChI is InChI=1S/C21H23N5OS/c1-13-4-8-16(9-5-13)12-22-20(27)19-18(17-10-6-14(2)7-11-17)25-26-15(3)23-24-21(26)28-19/h4-11,18-19,25H,12H2,1-3H3,(H,22,27). The molecular weight excluding hydrogens is 370 g/mol. The maximum absolute atomic E-state index is 13.1. The van der Waals surface area contributed by atoms with E-state index in [1.54, 1.807) is 0 Å². The first-order chi connectivity index (χ1) is 13.5. The van der Waals surface area contributed by atoms with Gasteiger partial charge in [-0.2, -0.15) is 0 Å². The number of nitrogens with zero attached hydrogens (tertiary/aromatic N) is 3. The molecule has 2 heterocycles. The predicted molar refractivity (Wildman–Crippen MR) is 111 cm³/mol. The molecule has 0 spiro atoms. The van der Waals surface area contributed by atoms with E-state index in [4.69, 9.17) is 0 Å². The molecule has 6 nitrogen and oxygen atoms in total. The molecule has 7 heteroatoms. The van der Waals surface area contributed by atoms with Gasteiger partial charge in [0, 0.05) is 6.54 Å². The third-order valence-electron chi connectivity index (χ3n) is 4.88. The lowest BCUT2D eigenvalue weighted by Gasteiger charge is -2.32. The molecule has 1 amide bonds.